The molecule has 8 aromatic carbocycles. The van der Waals surface area contributed by atoms with Gasteiger partial charge in [-0.25, -0.2) is 0 Å². The molecule has 0 unspecified atom stereocenters. The van der Waals surface area contributed by atoms with E-state index in [1.165, 1.54) is 111 Å². The van der Waals surface area contributed by atoms with Gasteiger partial charge < -0.3 is 19.3 Å². The number of anilines is 6. The van der Waals surface area contributed by atoms with Crippen LogP contribution in [0.3, 0.4) is 0 Å². The fraction of sp³-hybridized carbons (Fsp3) is 0.304. The molecule has 4 nitrogen and oxygen atoms in total. The highest BCUT2D eigenvalue weighted by Crippen LogP contribution is 2.50. The van der Waals surface area contributed by atoms with Gasteiger partial charge in [-0.1, -0.05) is 180 Å². The monoisotopic (exact) mass is 973 g/mol. The van der Waals surface area contributed by atoms with E-state index in [0.29, 0.717) is 13.2 Å². The molecule has 0 radical (unpaired) electrons. The molecule has 0 bridgehead atoms. The second kappa shape index (κ2) is 17.6. The SMILES string of the molecule is Cc1cc2c3c(c1)N(c1c(C)cc(C(C)(C)C)cc1C)c1cc4c(cc1B3c1ccc(-c3ccc(C(C)(C)C)cc3)cc1N2c1cc(-c2ccc(C(C)(C)C)cc2)cc(-c2ccc(C(C)(C)C)cc2)c1)OCCO4. The summed E-state index contributed by atoms with van der Waals surface area (Å²) in [4.78, 5) is 5.14. The molecule has 11 rings (SSSR count). The average Bonchev–Trinajstić information content (AvgIpc) is 3.38. The van der Waals surface area contributed by atoms with Gasteiger partial charge in [-0.05, 0) is 174 Å². The molecule has 3 aliphatic heterocycles. The molecule has 5 heteroatoms. The van der Waals surface area contributed by atoms with Gasteiger partial charge in [-0.2, -0.15) is 0 Å². The van der Waals surface area contributed by atoms with Crippen molar-refractivity contribution >= 4 is 57.2 Å². The van der Waals surface area contributed by atoms with Gasteiger partial charge in [0.1, 0.15) is 13.2 Å². The van der Waals surface area contributed by atoms with Crippen LogP contribution in [0.25, 0.3) is 33.4 Å². The summed E-state index contributed by atoms with van der Waals surface area (Å²) in [5.41, 5.74) is 27.0. The smallest absolute Gasteiger partial charge is 0.252 e. The topological polar surface area (TPSA) is 24.9 Å². The van der Waals surface area contributed by atoms with E-state index >= 15 is 0 Å². The molecule has 374 valence electrons. The maximum atomic E-state index is 6.48. The molecule has 0 amide bonds. The quantitative estimate of drug-likeness (QED) is 0.161. The summed E-state index contributed by atoms with van der Waals surface area (Å²) in [5, 5.41) is 0. The fourth-order valence-electron chi connectivity index (χ4n) is 11.7. The molecule has 0 aromatic heterocycles. The van der Waals surface area contributed by atoms with Gasteiger partial charge in [-0.3, -0.25) is 0 Å². The van der Waals surface area contributed by atoms with Crippen LogP contribution in [-0.2, 0) is 21.7 Å². The number of rotatable bonds is 5. The van der Waals surface area contributed by atoms with Gasteiger partial charge in [-0.15, -0.1) is 0 Å². The summed E-state index contributed by atoms with van der Waals surface area (Å²) in [6.45, 7) is 35.3. The standard InChI is InChI=1S/C69H73BN2O2/c1-42-32-60-64-61(33-42)72(65-43(2)34-54(35-44(65)3)69(13,14)15)59-41-63-62(73-30-31-74-63)40-57(59)70(64)56-29-22-48(45-16-23-51(24-17-45)66(4,5)6)39-58(56)71(60)55-37-49(46-18-25-52(26-19-46)67(7,8)9)36-50(38-55)47-20-27-53(28-21-47)68(10,11)12/h16-29,32-41H,30-31H2,1-15H3. The first-order valence-electron chi connectivity index (χ1n) is 26.8. The van der Waals surface area contributed by atoms with E-state index in [-0.39, 0.29) is 28.4 Å². The van der Waals surface area contributed by atoms with Crippen LogP contribution in [0.1, 0.15) is 122 Å². The third kappa shape index (κ3) is 8.70. The Bertz CT molecular complexity index is 3400. The maximum absolute atomic E-state index is 6.48. The van der Waals surface area contributed by atoms with Gasteiger partial charge in [0.15, 0.2) is 11.5 Å². The van der Waals surface area contributed by atoms with Crippen molar-refractivity contribution < 1.29 is 9.47 Å². The fourth-order valence-corrected chi connectivity index (χ4v) is 11.7. The Morgan fingerprint density at radius 2 is 0.784 bits per heavy atom. The van der Waals surface area contributed by atoms with Crippen LogP contribution in [0, 0.1) is 20.8 Å². The third-order valence-electron chi connectivity index (χ3n) is 15.9. The highest BCUT2D eigenvalue weighted by molar-refractivity contribution is 7.00. The van der Waals surface area contributed by atoms with Crippen molar-refractivity contribution in [2.75, 3.05) is 23.0 Å². The molecule has 0 aliphatic carbocycles. The van der Waals surface area contributed by atoms with Crippen LogP contribution in [0.15, 0.2) is 146 Å². The predicted molar refractivity (Wildman–Crippen MR) is 317 cm³/mol. The van der Waals surface area contributed by atoms with Crippen molar-refractivity contribution in [2.24, 2.45) is 0 Å². The van der Waals surface area contributed by atoms with Gasteiger partial charge in [0.2, 0.25) is 0 Å². The lowest BCUT2D eigenvalue weighted by molar-refractivity contribution is 0.172. The molecule has 0 fully saturated rings. The molecule has 3 aliphatic rings. The first-order chi connectivity index (χ1) is 34.9. The molecule has 74 heavy (non-hydrogen) atoms. The van der Waals surface area contributed by atoms with Crippen LogP contribution >= 0.6 is 0 Å². The summed E-state index contributed by atoms with van der Waals surface area (Å²) in [6.07, 6.45) is 0. The Hall–Kier alpha value is -6.98. The first-order valence-corrected chi connectivity index (χ1v) is 26.8. The van der Waals surface area contributed by atoms with Crippen LogP contribution in [-0.4, -0.2) is 19.9 Å². The summed E-state index contributed by atoms with van der Waals surface area (Å²) in [7, 11) is 0. The van der Waals surface area contributed by atoms with Crippen LogP contribution in [0.5, 0.6) is 11.5 Å². The van der Waals surface area contributed by atoms with Crippen molar-refractivity contribution in [3.05, 3.63) is 185 Å². The van der Waals surface area contributed by atoms with Gasteiger partial charge in [0.25, 0.3) is 6.71 Å². The molecule has 0 saturated carbocycles. The molecule has 0 atom stereocenters. The molecule has 0 N–H and O–H groups in total. The summed E-state index contributed by atoms with van der Waals surface area (Å²) in [5.74, 6) is 1.59. The molecule has 0 saturated heterocycles. The van der Waals surface area contributed by atoms with Crippen molar-refractivity contribution in [1.82, 2.24) is 0 Å². The van der Waals surface area contributed by atoms with Crippen molar-refractivity contribution in [1.29, 1.82) is 0 Å². The Balaban J connectivity index is 1.21. The maximum Gasteiger partial charge on any atom is 0.252 e. The minimum atomic E-state index is -0.0989. The Morgan fingerprint density at radius 1 is 0.365 bits per heavy atom. The minimum Gasteiger partial charge on any atom is -0.486 e. The summed E-state index contributed by atoms with van der Waals surface area (Å²) < 4.78 is 12.9. The molecule has 3 heterocycles. The van der Waals surface area contributed by atoms with Crippen LogP contribution < -0.4 is 35.7 Å². The zero-order chi connectivity index (χ0) is 52.4. The van der Waals surface area contributed by atoms with E-state index in [1.54, 1.807) is 0 Å². The van der Waals surface area contributed by atoms with Crippen LogP contribution in [0.4, 0.5) is 34.1 Å². The van der Waals surface area contributed by atoms with Gasteiger partial charge in [0.05, 0.1) is 5.69 Å². The second-order valence-corrected chi connectivity index (χ2v) is 25.6. The molecule has 8 aromatic rings. The number of fused-ring (bicyclic) bond motifs is 5. The molecular weight excluding hydrogens is 900 g/mol. The predicted octanol–water partition coefficient (Wildman–Crippen LogP) is 16.7. The third-order valence-corrected chi connectivity index (χ3v) is 15.9. The van der Waals surface area contributed by atoms with Crippen LogP contribution in [0.2, 0.25) is 0 Å². The molecule has 0 spiro atoms. The Labute approximate surface area is 442 Å². The van der Waals surface area contributed by atoms with Crippen molar-refractivity contribution in [2.45, 2.75) is 126 Å². The normalized spacial score (nSPS) is 14.2. The number of benzene rings is 8. The highest BCUT2D eigenvalue weighted by atomic mass is 16.6. The lowest BCUT2D eigenvalue weighted by Crippen LogP contribution is -2.61. The summed E-state index contributed by atoms with van der Waals surface area (Å²) >= 11 is 0. The van der Waals surface area contributed by atoms with E-state index in [2.05, 4.69) is 259 Å². The lowest BCUT2D eigenvalue weighted by atomic mass is 9.33. The zero-order valence-electron chi connectivity index (χ0n) is 46.6. The van der Waals surface area contributed by atoms with Crippen molar-refractivity contribution in [3.8, 4) is 44.9 Å². The van der Waals surface area contributed by atoms with E-state index in [9.17, 15) is 0 Å². The van der Waals surface area contributed by atoms with E-state index < -0.39 is 0 Å². The largest absolute Gasteiger partial charge is 0.486 e. The number of hydrogen-bond acceptors (Lipinski definition) is 4. The first kappa shape index (κ1) is 49.2. The lowest BCUT2D eigenvalue weighted by Gasteiger charge is -2.45. The highest BCUT2D eigenvalue weighted by Gasteiger charge is 2.45. The second-order valence-electron chi connectivity index (χ2n) is 25.6. The Kier molecular flexibility index (Phi) is 11.7. The number of nitrogens with zero attached hydrogens (tertiary/aromatic N) is 2. The number of ether oxygens (including phenoxy) is 2. The number of hydrogen-bond donors (Lipinski definition) is 0. The van der Waals surface area contributed by atoms with Gasteiger partial charge in [0, 0.05) is 34.5 Å². The van der Waals surface area contributed by atoms with Crippen molar-refractivity contribution in [3.63, 3.8) is 0 Å². The van der Waals surface area contributed by atoms with E-state index in [4.69, 9.17) is 9.47 Å². The molecular formula is C69H73BN2O2. The number of aryl methyl sites for hydroxylation is 3. The zero-order valence-corrected chi connectivity index (χ0v) is 46.6. The van der Waals surface area contributed by atoms with E-state index in [1.807, 2.05) is 0 Å². The Morgan fingerprint density at radius 3 is 1.26 bits per heavy atom. The minimum absolute atomic E-state index is 0.0000467. The summed E-state index contributed by atoms with van der Waals surface area (Å²) in [6, 6.07) is 56.4. The average molecular weight is 973 g/mol. The van der Waals surface area contributed by atoms with Gasteiger partial charge >= 0.3 is 0 Å². The van der Waals surface area contributed by atoms with E-state index in [0.717, 1.165) is 22.9 Å².